The highest BCUT2D eigenvalue weighted by molar-refractivity contribution is 5.91. The van der Waals surface area contributed by atoms with Crippen molar-refractivity contribution in [2.45, 2.75) is 37.8 Å². The molecule has 0 saturated carbocycles. The minimum absolute atomic E-state index is 0.282. The third-order valence-corrected chi connectivity index (χ3v) is 2.89. The maximum absolute atomic E-state index is 11.5. The third-order valence-electron chi connectivity index (χ3n) is 2.89. The normalized spacial score (nSPS) is 30.4. The molecule has 0 spiro atoms. The van der Waals surface area contributed by atoms with E-state index in [1.54, 1.807) is 0 Å². The SMILES string of the molecule is O=C(OC(=O)C1CCCN1)C1CCCN1. The zero-order valence-corrected chi connectivity index (χ0v) is 8.62. The first-order valence-corrected chi connectivity index (χ1v) is 5.49. The van der Waals surface area contributed by atoms with Crippen LogP contribution in [-0.4, -0.2) is 37.1 Å². The standard InChI is InChI=1S/C10H16N2O3/c13-9(7-3-1-5-11-7)15-10(14)8-4-2-6-12-8/h7-8,11-12H,1-6H2. The van der Waals surface area contributed by atoms with Crippen molar-refractivity contribution in [1.29, 1.82) is 0 Å². The number of carbonyl (C=O) groups is 2. The minimum Gasteiger partial charge on any atom is -0.391 e. The van der Waals surface area contributed by atoms with Crippen molar-refractivity contribution in [3.8, 4) is 0 Å². The van der Waals surface area contributed by atoms with E-state index in [1.165, 1.54) is 0 Å². The highest BCUT2D eigenvalue weighted by atomic mass is 16.6. The lowest BCUT2D eigenvalue weighted by molar-refractivity contribution is -0.162. The van der Waals surface area contributed by atoms with Crippen LogP contribution in [0.25, 0.3) is 0 Å². The molecule has 2 N–H and O–H groups in total. The van der Waals surface area contributed by atoms with Crippen LogP contribution < -0.4 is 10.6 Å². The molecular weight excluding hydrogens is 196 g/mol. The molecule has 0 radical (unpaired) electrons. The Morgan fingerprint density at radius 3 is 1.73 bits per heavy atom. The van der Waals surface area contributed by atoms with E-state index in [9.17, 15) is 9.59 Å². The van der Waals surface area contributed by atoms with E-state index in [0.29, 0.717) is 0 Å². The summed E-state index contributed by atoms with van der Waals surface area (Å²) >= 11 is 0. The Hall–Kier alpha value is -0.940. The van der Waals surface area contributed by atoms with Gasteiger partial charge < -0.3 is 15.4 Å². The van der Waals surface area contributed by atoms with Gasteiger partial charge in [0.05, 0.1) is 0 Å². The van der Waals surface area contributed by atoms with Crippen LogP contribution in [0, 0.1) is 0 Å². The first-order valence-electron chi connectivity index (χ1n) is 5.49. The van der Waals surface area contributed by atoms with Crippen molar-refractivity contribution < 1.29 is 14.3 Å². The Balaban J connectivity index is 1.79. The smallest absolute Gasteiger partial charge is 0.330 e. The molecule has 5 heteroatoms. The largest absolute Gasteiger partial charge is 0.391 e. The van der Waals surface area contributed by atoms with Gasteiger partial charge in [0.2, 0.25) is 0 Å². The Morgan fingerprint density at radius 2 is 1.40 bits per heavy atom. The van der Waals surface area contributed by atoms with Gasteiger partial charge in [-0.3, -0.25) is 0 Å². The molecule has 0 aliphatic carbocycles. The molecule has 0 aromatic carbocycles. The molecule has 84 valence electrons. The Labute approximate surface area is 88.5 Å². The molecule has 2 heterocycles. The van der Waals surface area contributed by atoms with Crippen LogP contribution in [0.15, 0.2) is 0 Å². The molecule has 0 aromatic rings. The van der Waals surface area contributed by atoms with E-state index in [1.807, 2.05) is 0 Å². The lowest BCUT2D eigenvalue weighted by Gasteiger charge is -2.12. The van der Waals surface area contributed by atoms with Crippen molar-refractivity contribution in [1.82, 2.24) is 10.6 Å². The molecule has 0 amide bonds. The van der Waals surface area contributed by atoms with Crippen molar-refractivity contribution in [2.75, 3.05) is 13.1 Å². The average Bonchev–Trinajstić information content (AvgIpc) is 2.91. The Morgan fingerprint density at radius 1 is 0.933 bits per heavy atom. The Kier molecular flexibility index (Phi) is 3.33. The van der Waals surface area contributed by atoms with Crippen molar-refractivity contribution in [3.63, 3.8) is 0 Å². The number of carbonyl (C=O) groups excluding carboxylic acids is 2. The second-order valence-electron chi connectivity index (χ2n) is 4.04. The Bertz CT molecular complexity index is 229. The second kappa shape index (κ2) is 4.72. The predicted molar refractivity (Wildman–Crippen MR) is 53.1 cm³/mol. The van der Waals surface area contributed by atoms with Crippen LogP contribution >= 0.6 is 0 Å². The van der Waals surface area contributed by atoms with Gasteiger partial charge in [-0.05, 0) is 38.8 Å². The summed E-state index contributed by atoms with van der Waals surface area (Å²) < 4.78 is 4.82. The highest BCUT2D eigenvalue weighted by Crippen LogP contribution is 2.10. The van der Waals surface area contributed by atoms with Crippen molar-refractivity contribution >= 4 is 11.9 Å². The maximum Gasteiger partial charge on any atom is 0.330 e. The van der Waals surface area contributed by atoms with Crippen LogP contribution in [0.1, 0.15) is 25.7 Å². The zero-order chi connectivity index (χ0) is 10.7. The van der Waals surface area contributed by atoms with Gasteiger partial charge in [-0.25, -0.2) is 9.59 Å². The molecule has 2 saturated heterocycles. The molecule has 2 aliphatic rings. The summed E-state index contributed by atoms with van der Waals surface area (Å²) in [5.41, 5.74) is 0. The quantitative estimate of drug-likeness (QED) is 0.480. The van der Waals surface area contributed by atoms with Gasteiger partial charge in [-0.15, -0.1) is 0 Å². The van der Waals surface area contributed by atoms with Gasteiger partial charge in [-0.2, -0.15) is 0 Å². The maximum atomic E-state index is 11.5. The van der Waals surface area contributed by atoms with Gasteiger partial charge in [-0.1, -0.05) is 0 Å². The molecule has 0 aromatic heterocycles. The highest BCUT2D eigenvalue weighted by Gasteiger charge is 2.30. The number of nitrogens with one attached hydrogen (secondary N) is 2. The lowest BCUT2D eigenvalue weighted by atomic mass is 10.2. The van der Waals surface area contributed by atoms with E-state index < -0.39 is 11.9 Å². The van der Waals surface area contributed by atoms with Crippen LogP contribution in [0.5, 0.6) is 0 Å². The molecule has 15 heavy (non-hydrogen) atoms. The van der Waals surface area contributed by atoms with Crippen molar-refractivity contribution in [2.24, 2.45) is 0 Å². The van der Waals surface area contributed by atoms with E-state index in [4.69, 9.17) is 4.74 Å². The fraction of sp³-hybridized carbons (Fsp3) is 0.800. The van der Waals surface area contributed by atoms with E-state index in [0.717, 1.165) is 38.8 Å². The number of ether oxygens (including phenoxy) is 1. The molecule has 2 fully saturated rings. The third kappa shape index (κ3) is 2.54. The number of rotatable bonds is 2. The summed E-state index contributed by atoms with van der Waals surface area (Å²) in [6, 6.07) is -0.564. The monoisotopic (exact) mass is 212 g/mol. The van der Waals surface area contributed by atoms with E-state index in [2.05, 4.69) is 10.6 Å². The second-order valence-corrected chi connectivity index (χ2v) is 4.04. The zero-order valence-electron chi connectivity index (χ0n) is 8.62. The molecule has 5 nitrogen and oxygen atoms in total. The summed E-state index contributed by atoms with van der Waals surface area (Å²) in [5.74, 6) is -0.850. The van der Waals surface area contributed by atoms with Gasteiger partial charge >= 0.3 is 11.9 Å². The molecule has 2 aliphatic heterocycles. The number of hydrogen-bond acceptors (Lipinski definition) is 5. The average molecular weight is 212 g/mol. The molecule has 2 unspecified atom stereocenters. The van der Waals surface area contributed by atoms with E-state index >= 15 is 0 Å². The fourth-order valence-corrected chi connectivity index (χ4v) is 2.01. The molecule has 2 atom stereocenters. The van der Waals surface area contributed by atoms with Crippen LogP contribution in [0.3, 0.4) is 0 Å². The first-order chi connectivity index (χ1) is 7.27. The topological polar surface area (TPSA) is 67.4 Å². The summed E-state index contributed by atoms with van der Waals surface area (Å²) in [7, 11) is 0. The van der Waals surface area contributed by atoms with Crippen LogP contribution in [0.4, 0.5) is 0 Å². The van der Waals surface area contributed by atoms with Crippen LogP contribution in [0.2, 0.25) is 0 Å². The molecular formula is C10H16N2O3. The van der Waals surface area contributed by atoms with Crippen LogP contribution in [-0.2, 0) is 14.3 Å². The number of esters is 2. The predicted octanol–water partition coefficient (Wildman–Crippen LogP) is -0.440. The minimum atomic E-state index is -0.425. The fourth-order valence-electron chi connectivity index (χ4n) is 2.01. The molecule has 0 bridgehead atoms. The van der Waals surface area contributed by atoms with Crippen molar-refractivity contribution in [3.05, 3.63) is 0 Å². The van der Waals surface area contributed by atoms with Gasteiger partial charge in [0.25, 0.3) is 0 Å². The lowest BCUT2D eigenvalue weighted by Crippen LogP contribution is -2.39. The van der Waals surface area contributed by atoms with Gasteiger partial charge in [0, 0.05) is 0 Å². The first kappa shape index (κ1) is 10.6. The van der Waals surface area contributed by atoms with Gasteiger partial charge in [0.1, 0.15) is 12.1 Å². The number of hydrogen-bond donors (Lipinski definition) is 2. The summed E-state index contributed by atoms with van der Waals surface area (Å²) in [5, 5.41) is 6.01. The molecule has 2 rings (SSSR count). The van der Waals surface area contributed by atoms with Gasteiger partial charge in [0.15, 0.2) is 0 Å². The summed E-state index contributed by atoms with van der Waals surface area (Å²) in [6.07, 6.45) is 3.47. The summed E-state index contributed by atoms with van der Waals surface area (Å²) in [6.45, 7) is 1.66. The van der Waals surface area contributed by atoms with E-state index in [-0.39, 0.29) is 12.1 Å². The summed E-state index contributed by atoms with van der Waals surface area (Å²) in [4.78, 5) is 23.0.